The number of ether oxygens (including phenoxy) is 1. The quantitative estimate of drug-likeness (QED) is 0.545. The van der Waals surface area contributed by atoms with E-state index in [-0.39, 0.29) is 11.9 Å². The third-order valence-electron chi connectivity index (χ3n) is 1.81. The van der Waals surface area contributed by atoms with Crippen molar-refractivity contribution < 1.29 is 9.53 Å². The zero-order chi connectivity index (χ0) is 7.56. The highest BCUT2D eigenvalue weighted by molar-refractivity contribution is 5.74. The van der Waals surface area contributed by atoms with Crippen LogP contribution in [0.2, 0.25) is 0 Å². The Morgan fingerprint density at radius 2 is 2.30 bits per heavy atom. The Hall–Kier alpha value is -0.530. The van der Waals surface area contributed by atoms with Crippen molar-refractivity contribution in [1.29, 1.82) is 0 Å². The van der Waals surface area contributed by atoms with E-state index in [1.165, 1.54) is 5.92 Å². The molecular formula is C8H13O2. The zero-order valence-electron chi connectivity index (χ0n) is 6.52. The second-order valence-electron chi connectivity index (χ2n) is 2.81. The van der Waals surface area contributed by atoms with Gasteiger partial charge in [-0.1, -0.05) is 6.92 Å². The van der Waals surface area contributed by atoms with Crippen LogP contribution in [-0.4, -0.2) is 12.6 Å². The molecule has 1 aliphatic rings. The highest BCUT2D eigenvalue weighted by Gasteiger charge is 2.32. The first-order valence-electron chi connectivity index (χ1n) is 3.72. The van der Waals surface area contributed by atoms with Gasteiger partial charge < -0.3 is 4.74 Å². The molecule has 2 nitrogen and oxygen atoms in total. The summed E-state index contributed by atoms with van der Waals surface area (Å²) in [5, 5.41) is 0. The molecule has 1 rings (SSSR count). The predicted molar refractivity (Wildman–Crippen MR) is 38.3 cm³/mol. The molecule has 1 fully saturated rings. The van der Waals surface area contributed by atoms with Crippen molar-refractivity contribution in [2.45, 2.75) is 26.7 Å². The van der Waals surface area contributed by atoms with Gasteiger partial charge in [0.05, 0.1) is 12.5 Å². The Kier molecular flexibility index (Phi) is 2.30. The first-order valence-corrected chi connectivity index (χ1v) is 3.72. The van der Waals surface area contributed by atoms with Gasteiger partial charge in [-0.3, -0.25) is 4.79 Å². The van der Waals surface area contributed by atoms with Crippen molar-refractivity contribution in [1.82, 2.24) is 0 Å². The van der Waals surface area contributed by atoms with Gasteiger partial charge in [-0.25, -0.2) is 0 Å². The molecule has 1 saturated carbocycles. The Morgan fingerprint density at radius 1 is 1.70 bits per heavy atom. The third kappa shape index (κ3) is 1.49. The molecule has 2 heteroatoms. The van der Waals surface area contributed by atoms with Crippen molar-refractivity contribution >= 4 is 5.97 Å². The zero-order valence-corrected chi connectivity index (χ0v) is 6.52. The van der Waals surface area contributed by atoms with Gasteiger partial charge in [-0.05, 0) is 25.7 Å². The van der Waals surface area contributed by atoms with Crippen LogP contribution in [-0.2, 0) is 9.53 Å². The second-order valence-corrected chi connectivity index (χ2v) is 2.81. The standard InChI is InChI=1S/C8H13O2/c1-3-10-8(9)7-4-6(2)5-7/h7H,3-5H2,1-2H3. The minimum atomic E-state index is -0.0203. The number of carbonyl (C=O) groups excluding carboxylic acids is 1. The molecular weight excluding hydrogens is 128 g/mol. The van der Waals surface area contributed by atoms with E-state index >= 15 is 0 Å². The lowest BCUT2D eigenvalue weighted by Crippen LogP contribution is -2.28. The summed E-state index contributed by atoms with van der Waals surface area (Å²) in [5.74, 6) is 1.58. The van der Waals surface area contributed by atoms with Crippen LogP contribution in [0.5, 0.6) is 0 Å². The maximum atomic E-state index is 10.9. The second kappa shape index (κ2) is 3.04. The average molecular weight is 141 g/mol. The van der Waals surface area contributed by atoms with E-state index in [9.17, 15) is 4.79 Å². The summed E-state index contributed by atoms with van der Waals surface area (Å²) >= 11 is 0. The van der Waals surface area contributed by atoms with E-state index < -0.39 is 0 Å². The van der Waals surface area contributed by atoms with Crippen LogP contribution in [0.25, 0.3) is 0 Å². The average Bonchev–Trinajstić information content (AvgIpc) is 1.82. The van der Waals surface area contributed by atoms with Crippen LogP contribution in [0.4, 0.5) is 0 Å². The molecule has 57 valence electrons. The molecule has 0 unspecified atom stereocenters. The first-order chi connectivity index (χ1) is 4.74. The Morgan fingerprint density at radius 3 is 2.70 bits per heavy atom. The fourth-order valence-corrected chi connectivity index (χ4v) is 1.21. The van der Waals surface area contributed by atoms with E-state index in [0.717, 1.165) is 12.8 Å². The monoisotopic (exact) mass is 141 g/mol. The molecule has 10 heavy (non-hydrogen) atoms. The first kappa shape index (κ1) is 7.58. The van der Waals surface area contributed by atoms with Gasteiger partial charge in [0.1, 0.15) is 0 Å². The lowest BCUT2D eigenvalue weighted by Gasteiger charge is -2.29. The van der Waals surface area contributed by atoms with Gasteiger partial charge in [-0.15, -0.1) is 0 Å². The summed E-state index contributed by atoms with van der Waals surface area (Å²) in [6.07, 6.45) is 1.89. The summed E-state index contributed by atoms with van der Waals surface area (Å²) in [6, 6.07) is 0. The van der Waals surface area contributed by atoms with E-state index in [0.29, 0.717) is 6.61 Å². The van der Waals surface area contributed by atoms with E-state index in [1.807, 2.05) is 6.92 Å². The highest BCUT2D eigenvalue weighted by atomic mass is 16.5. The van der Waals surface area contributed by atoms with E-state index in [4.69, 9.17) is 4.74 Å². The normalized spacial score (nSPS) is 20.2. The summed E-state index contributed by atoms with van der Waals surface area (Å²) < 4.78 is 4.84. The molecule has 0 atom stereocenters. The third-order valence-corrected chi connectivity index (χ3v) is 1.81. The minimum absolute atomic E-state index is 0.0203. The van der Waals surface area contributed by atoms with Gasteiger partial charge in [0.2, 0.25) is 0 Å². The SMILES string of the molecule is CCOC(=O)C1C[C](C)C1. The van der Waals surface area contributed by atoms with E-state index in [1.54, 1.807) is 0 Å². The van der Waals surface area contributed by atoms with Crippen LogP contribution in [0.15, 0.2) is 0 Å². The molecule has 0 aromatic carbocycles. The molecule has 1 aliphatic carbocycles. The molecule has 0 saturated heterocycles. The lowest BCUT2D eigenvalue weighted by atomic mass is 9.76. The number of rotatable bonds is 2. The Labute approximate surface area is 61.6 Å². The van der Waals surface area contributed by atoms with Gasteiger partial charge in [-0.2, -0.15) is 0 Å². The molecule has 0 spiro atoms. The Bertz CT molecular complexity index is 125. The maximum Gasteiger partial charge on any atom is 0.308 e. The van der Waals surface area contributed by atoms with Crippen molar-refractivity contribution in [2.24, 2.45) is 5.92 Å². The maximum absolute atomic E-state index is 10.9. The molecule has 1 radical (unpaired) electrons. The number of hydrogen-bond donors (Lipinski definition) is 0. The molecule has 0 heterocycles. The van der Waals surface area contributed by atoms with Crippen LogP contribution >= 0.6 is 0 Å². The molecule has 0 bridgehead atoms. The molecule has 0 N–H and O–H groups in total. The summed E-state index contributed by atoms with van der Waals surface area (Å²) in [6.45, 7) is 4.43. The van der Waals surface area contributed by atoms with Crippen molar-refractivity contribution in [2.75, 3.05) is 6.61 Å². The fourth-order valence-electron chi connectivity index (χ4n) is 1.21. The van der Waals surface area contributed by atoms with Gasteiger partial charge in [0, 0.05) is 0 Å². The fraction of sp³-hybridized carbons (Fsp3) is 0.750. The van der Waals surface area contributed by atoms with Crippen molar-refractivity contribution in [3.8, 4) is 0 Å². The van der Waals surface area contributed by atoms with Gasteiger partial charge >= 0.3 is 5.97 Å². The lowest BCUT2D eigenvalue weighted by molar-refractivity contribution is -0.150. The summed E-state index contributed by atoms with van der Waals surface area (Å²) in [5.41, 5.74) is 0. The Balaban J connectivity index is 2.18. The summed E-state index contributed by atoms with van der Waals surface area (Å²) in [7, 11) is 0. The smallest absolute Gasteiger partial charge is 0.308 e. The molecule has 0 aliphatic heterocycles. The minimum Gasteiger partial charge on any atom is -0.466 e. The van der Waals surface area contributed by atoms with Crippen LogP contribution in [0.1, 0.15) is 26.7 Å². The largest absolute Gasteiger partial charge is 0.466 e. The van der Waals surface area contributed by atoms with Crippen molar-refractivity contribution in [3.63, 3.8) is 0 Å². The highest BCUT2D eigenvalue weighted by Crippen LogP contribution is 2.35. The van der Waals surface area contributed by atoms with E-state index in [2.05, 4.69) is 6.92 Å². The molecule has 0 aromatic rings. The topological polar surface area (TPSA) is 26.3 Å². The van der Waals surface area contributed by atoms with Crippen LogP contribution in [0, 0.1) is 11.8 Å². The van der Waals surface area contributed by atoms with Gasteiger partial charge in [0.25, 0.3) is 0 Å². The van der Waals surface area contributed by atoms with Gasteiger partial charge in [0.15, 0.2) is 0 Å². The molecule has 0 amide bonds. The van der Waals surface area contributed by atoms with Crippen LogP contribution < -0.4 is 0 Å². The van der Waals surface area contributed by atoms with Crippen molar-refractivity contribution in [3.05, 3.63) is 5.92 Å². The number of esters is 1. The number of carbonyl (C=O) groups is 1. The molecule has 0 aromatic heterocycles. The number of hydrogen-bond acceptors (Lipinski definition) is 2. The summed E-state index contributed by atoms with van der Waals surface area (Å²) in [4.78, 5) is 10.9. The predicted octanol–water partition coefficient (Wildman–Crippen LogP) is 1.55. The van der Waals surface area contributed by atoms with Crippen LogP contribution in [0.3, 0.4) is 0 Å².